The van der Waals surface area contributed by atoms with Crippen LogP contribution in [-0.4, -0.2) is 86.2 Å². The number of piperidine rings is 1. The van der Waals surface area contributed by atoms with Gasteiger partial charge >= 0.3 is 0 Å². The summed E-state index contributed by atoms with van der Waals surface area (Å²) >= 11 is 0. The van der Waals surface area contributed by atoms with Gasteiger partial charge in [0.2, 0.25) is 5.91 Å². The lowest BCUT2D eigenvalue weighted by atomic mass is 10.1. The van der Waals surface area contributed by atoms with Crippen molar-refractivity contribution >= 4 is 5.91 Å². The van der Waals surface area contributed by atoms with E-state index >= 15 is 0 Å². The SMILES string of the molecule is COc1ccccc1OC1CCN(C(=O)[C@H](C)N2CCN(C)CC2)CC1. The molecule has 144 valence electrons. The quantitative estimate of drug-likeness (QED) is 0.799. The number of carbonyl (C=O) groups is 1. The number of nitrogens with zero attached hydrogens (tertiary/aromatic N) is 3. The number of ether oxygens (including phenoxy) is 2. The second kappa shape index (κ2) is 8.73. The minimum atomic E-state index is -0.0321. The lowest BCUT2D eigenvalue weighted by Gasteiger charge is -2.39. The number of methoxy groups -OCH3 is 1. The molecule has 1 atom stereocenters. The second-order valence-corrected chi connectivity index (χ2v) is 7.31. The van der Waals surface area contributed by atoms with E-state index in [-0.39, 0.29) is 18.1 Å². The highest BCUT2D eigenvalue weighted by atomic mass is 16.5. The molecular formula is C20H31N3O3. The fourth-order valence-corrected chi connectivity index (χ4v) is 3.72. The van der Waals surface area contributed by atoms with Gasteiger partial charge in [0.05, 0.1) is 13.2 Å². The second-order valence-electron chi connectivity index (χ2n) is 7.31. The van der Waals surface area contributed by atoms with Crippen LogP contribution in [0.3, 0.4) is 0 Å². The zero-order valence-electron chi connectivity index (χ0n) is 16.2. The van der Waals surface area contributed by atoms with Crippen LogP contribution in [0.4, 0.5) is 0 Å². The fraction of sp³-hybridized carbons (Fsp3) is 0.650. The number of likely N-dealkylation sites (N-methyl/N-ethyl adjacent to an activating group) is 1. The third-order valence-electron chi connectivity index (χ3n) is 5.56. The molecule has 0 aliphatic carbocycles. The normalized spacial score (nSPS) is 21.4. The summed E-state index contributed by atoms with van der Waals surface area (Å²) in [6.07, 6.45) is 1.85. The highest BCUT2D eigenvalue weighted by molar-refractivity contribution is 5.81. The summed E-state index contributed by atoms with van der Waals surface area (Å²) in [7, 11) is 3.79. The van der Waals surface area contributed by atoms with Crippen molar-refractivity contribution in [2.24, 2.45) is 0 Å². The molecule has 0 saturated carbocycles. The molecule has 2 fully saturated rings. The van der Waals surface area contributed by atoms with Crippen molar-refractivity contribution in [3.8, 4) is 11.5 Å². The monoisotopic (exact) mass is 361 g/mol. The standard InChI is InChI=1S/C20H31N3O3/c1-16(22-14-12-21(2)13-15-22)20(24)23-10-8-17(9-11-23)26-19-7-5-4-6-18(19)25-3/h4-7,16-17H,8-15H2,1-3H3/t16-/m0/s1. The molecule has 3 rings (SSSR count). The summed E-state index contributed by atoms with van der Waals surface area (Å²) in [4.78, 5) is 19.5. The van der Waals surface area contributed by atoms with E-state index in [0.29, 0.717) is 0 Å². The lowest BCUT2D eigenvalue weighted by Crippen LogP contribution is -2.55. The molecule has 2 saturated heterocycles. The van der Waals surface area contributed by atoms with Gasteiger partial charge in [-0.3, -0.25) is 9.69 Å². The molecule has 0 unspecified atom stereocenters. The van der Waals surface area contributed by atoms with Crippen LogP contribution >= 0.6 is 0 Å². The van der Waals surface area contributed by atoms with E-state index in [1.54, 1.807) is 7.11 Å². The number of hydrogen-bond donors (Lipinski definition) is 0. The molecule has 1 aromatic carbocycles. The molecule has 1 aromatic rings. The smallest absolute Gasteiger partial charge is 0.239 e. The van der Waals surface area contributed by atoms with Crippen molar-refractivity contribution in [3.63, 3.8) is 0 Å². The Balaban J connectivity index is 1.49. The topological polar surface area (TPSA) is 45.3 Å². The van der Waals surface area contributed by atoms with Gasteiger partial charge < -0.3 is 19.3 Å². The highest BCUT2D eigenvalue weighted by Crippen LogP contribution is 2.29. The molecule has 0 radical (unpaired) electrons. The summed E-state index contributed by atoms with van der Waals surface area (Å²) < 4.78 is 11.5. The molecule has 0 spiro atoms. The van der Waals surface area contributed by atoms with Crippen LogP contribution in [0.1, 0.15) is 19.8 Å². The van der Waals surface area contributed by atoms with Gasteiger partial charge in [-0.1, -0.05) is 12.1 Å². The van der Waals surface area contributed by atoms with E-state index in [9.17, 15) is 4.79 Å². The van der Waals surface area contributed by atoms with Crippen LogP contribution in [0, 0.1) is 0 Å². The Hall–Kier alpha value is -1.79. The molecule has 2 aliphatic heterocycles. The summed E-state index contributed by atoms with van der Waals surface area (Å²) in [5.41, 5.74) is 0. The maximum absolute atomic E-state index is 12.9. The predicted octanol–water partition coefficient (Wildman–Crippen LogP) is 1.70. The molecule has 0 aromatic heterocycles. The first-order chi connectivity index (χ1) is 12.6. The van der Waals surface area contributed by atoms with E-state index in [4.69, 9.17) is 9.47 Å². The van der Waals surface area contributed by atoms with Crippen molar-refractivity contribution in [1.29, 1.82) is 0 Å². The van der Waals surface area contributed by atoms with Gasteiger partial charge in [-0.2, -0.15) is 0 Å². The first-order valence-corrected chi connectivity index (χ1v) is 9.59. The third-order valence-corrected chi connectivity index (χ3v) is 5.56. The number of benzene rings is 1. The van der Waals surface area contributed by atoms with Crippen LogP contribution in [0.5, 0.6) is 11.5 Å². The largest absolute Gasteiger partial charge is 0.493 e. The van der Waals surface area contributed by atoms with Gasteiger partial charge in [0.25, 0.3) is 0 Å². The lowest BCUT2D eigenvalue weighted by molar-refractivity contribution is -0.138. The maximum atomic E-state index is 12.9. The average Bonchev–Trinajstić information content (AvgIpc) is 2.68. The number of likely N-dealkylation sites (tertiary alicyclic amines) is 1. The van der Waals surface area contributed by atoms with Gasteiger partial charge in [-0.05, 0) is 26.1 Å². The number of rotatable bonds is 5. The summed E-state index contributed by atoms with van der Waals surface area (Å²) in [5.74, 6) is 1.80. The number of hydrogen-bond acceptors (Lipinski definition) is 5. The average molecular weight is 361 g/mol. The molecule has 6 nitrogen and oxygen atoms in total. The van der Waals surface area contributed by atoms with Gasteiger partial charge in [0.1, 0.15) is 6.10 Å². The minimum absolute atomic E-state index is 0.0321. The van der Waals surface area contributed by atoms with Crippen LogP contribution < -0.4 is 9.47 Å². The zero-order chi connectivity index (χ0) is 18.5. The zero-order valence-corrected chi connectivity index (χ0v) is 16.2. The molecule has 2 heterocycles. The Morgan fingerprint density at radius 3 is 2.27 bits per heavy atom. The summed E-state index contributed by atoms with van der Waals surface area (Å²) in [5, 5.41) is 0. The molecule has 2 aliphatic rings. The fourth-order valence-electron chi connectivity index (χ4n) is 3.72. The van der Waals surface area contributed by atoms with Crippen molar-refractivity contribution < 1.29 is 14.3 Å². The minimum Gasteiger partial charge on any atom is -0.493 e. The van der Waals surface area contributed by atoms with Gasteiger partial charge in [0, 0.05) is 52.1 Å². The van der Waals surface area contributed by atoms with Crippen molar-refractivity contribution in [2.45, 2.75) is 31.9 Å². The third kappa shape index (κ3) is 4.48. The van der Waals surface area contributed by atoms with Crippen molar-refractivity contribution in [2.75, 3.05) is 53.4 Å². The Labute approximate surface area is 156 Å². The Kier molecular flexibility index (Phi) is 6.38. The molecule has 0 N–H and O–H groups in total. The maximum Gasteiger partial charge on any atom is 0.239 e. The Morgan fingerprint density at radius 1 is 1.04 bits per heavy atom. The van der Waals surface area contributed by atoms with Gasteiger partial charge in [-0.25, -0.2) is 0 Å². The van der Waals surface area contributed by atoms with Gasteiger partial charge in [0.15, 0.2) is 11.5 Å². The van der Waals surface area contributed by atoms with E-state index in [0.717, 1.165) is 63.6 Å². The molecule has 0 bridgehead atoms. The predicted molar refractivity (Wildman–Crippen MR) is 102 cm³/mol. The molecule has 1 amide bonds. The van der Waals surface area contributed by atoms with Crippen LogP contribution in [-0.2, 0) is 4.79 Å². The van der Waals surface area contributed by atoms with Crippen molar-refractivity contribution in [1.82, 2.24) is 14.7 Å². The van der Waals surface area contributed by atoms with Crippen LogP contribution in [0.25, 0.3) is 0 Å². The summed E-state index contributed by atoms with van der Waals surface area (Å²) in [6.45, 7) is 7.57. The summed E-state index contributed by atoms with van der Waals surface area (Å²) in [6, 6.07) is 7.70. The number of piperazine rings is 1. The first-order valence-electron chi connectivity index (χ1n) is 9.59. The van der Waals surface area contributed by atoms with Crippen LogP contribution in [0.2, 0.25) is 0 Å². The molecule has 26 heavy (non-hydrogen) atoms. The number of para-hydroxylation sites is 2. The molecule has 6 heteroatoms. The Bertz CT molecular complexity index is 594. The van der Waals surface area contributed by atoms with Crippen molar-refractivity contribution in [3.05, 3.63) is 24.3 Å². The number of amides is 1. The Morgan fingerprint density at radius 2 is 1.65 bits per heavy atom. The van der Waals surface area contributed by atoms with E-state index in [1.165, 1.54) is 0 Å². The highest BCUT2D eigenvalue weighted by Gasteiger charge is 2.31. The van der Waals surface area contributed by atoms with E-state index in [2.05, 4.69) is 16.8 Å². The van der Waals surface area contributed by atoms with Crippen LogP contribution in [0.15, 0.2) is 24.3 Å². The first kappa shape index (κ1) is 19.0. The van der Waals surface area contributed by atoms with E-state index < -0.39 is 0 Å². The molecular weight excluding hydrogens is 330 g/mol. The van der Waals surface area contributed by atoms with E-state index in [1.807, 2.05) is 36.1 Å². The van der Waals surface area contributed by atoms with Gasteiger partial charge in [-0.15, -0.1) is 0 Å². The number of carbonyl (C=O) groups excluding carboxylic acids is 1.